The third-order valence-corrected chi connectivity index (χ3v) is 5.94. The first-order chi connectivity index (χ1) is 17.7. The summed E-state index contributed by atoms with van der Waals surface area (Å²) in [5.74, 6) is -0.979. The summed E-state index contributed by atoms with van der Waals surface area (Å²) < 4.78 is 55.4. The van der Waals surface area contributed by atoms with Crippen molar-refractivity contribution in [2.24, 2.45) is 5.92 Å². The molecule has 1 saturated carbocycles. The summed E-state index contributed by atoms with van der Waals surface area (Å²) in [6.45, 7) is 0.413. The van der Waals surface area contributed by atoms with Gasteiger partial charge in [-0.15, -0.1) is 0 Å². The van der Waals surface area contributed by atoms with Crippen LogP contribution < -0.4 is 5.32 Å². The van der Waals surface area contributed by atoms with Gasteiger partial charge in [0.05, 0.1) is 17.2 Å². The van der Waals surface area contributed by atoms with E-state index in [-0.39, 0.29) is 24.0 Å². The molecule has 1 aliphatic carbocycles. The number of alkyl halides is 3. The predicted octanol–water partition coefficient (Wildman–Crippen LogP) is 8.17. The summed E-state index contributed by atoms with van der Waals surface area (Å²) in [4.78, 5) is 21.7. The summed E-state index contributed by atoms with van der Waals surface area (Å²) in [5.41, 5.74) is -0.314. The fourth-order valence-electron chi connectivity index (χ4n) is 3.47. The van der Waals surface area contributed by atoms with Gasteiger partial charge < -0.3 is 10.1 Å². The molecule has 0 spiro atoms. The van der Waals surface area contributed by atoms with Gasteiger partial charge >= 0.3 is 12.1 Å². The van der Waals surface area contributed by atoms with Gasteiger partial charge in [-0.3, -0.25) is 9.59 Å². The molecule has 1 fully saturated rings. The molecule has 37 heavy (non-hydrogen) atoms. The van der Waals surface area contributed by atoms with Gasteiger partial charge in [0.2, 0.25) is 6.41 Å². The zero-order valence-electron chi connectivity index (χ0n) is 20.0. The second-order valence-corrected chi connectivity index (χ2v) is 9.09. The molecule has 0 radical (unpaired) electrons. The van der Waals surface area contributed by atoms with Gasteiger partial charge in [-0.05, 0) is 48.7 Å². The van der Waals surface area contributed by atoms with E-state index >= 15 is 0 Å². The van der Waals surface area contributed by atoms with Crippen LogP contribution in [0.4, 0.5) is 23.2 Å². The van der Waals surface area contributed by atoms with Crippen molar-refractivity contribution >= 4 is 34.0 Å². The zero-order valence-corrected chi connectivity index (χ0v) is 21.6. The Balaban J connectivity index is 0.000000209. The van der Waals surface area contributed by atoms with Crippen LogP contribution in [0.1, 0.15) is 43.2 Å². The first-order valence-corrected chi connectivity index (χ1v) is 12.5. The summed E-state index contributed by atoms with van der Waals surface area (Å²) >= 11 is 3.31. The molecule has 0 aliphatic heterocycles. The quantitative estimate of drug-likeness (QED) is 0.188. The number of esters is 1. The maximum atomic E-state index is 12.8. The minimum absolute atomic E-state index is 0.0106. The SMILES string of the molecule is Brc1ccccc1.O=C(OCc1ccccc1)C1CCCCC1.O=CNc1ccc(C(F)(F)F)cc1F. The number of halogens is 5. The third kappa shape index (κ3) is 11.6. The normalized spacial score (nSPS) is 13.2. The highest BCUT2D eigenvalue weighted by atomic mass is 79.9. The second kappa shape index (κ2) is 15.8. The molecule has 198 valence electrons. The Morgan fingerprint density at radius 1 is 0.946 bits per heavy atom. The summed E-state index contributed by atoms with van der Waals surface area (Å²) in [6, 6.07) is 21.7. The van der Waals surface area contributed by atoms with E-state index < -0.39 is 17.6 Å². The smallest absolute Gasteiger partial charge is 0.416 e. The lowest BCUT2D eigenvalue weighted by atomic mass is 9.89. The van der Waals surface area contributed by atoms with Gasteiger partial charge in [-0.1, -0.05) is 83.7 Å². The van der Waals surface area contributed by atoms with Crippen LogP contribution in [0.15, 0.2) is 83.3 Å². The van der Waals surface area contributed by atoms with Crippen molar-refractivity contribution in [1.82, 2.24) is 0 Å². The Labute approximate surface area is 222 Å². The van der Waals surface area contributed by atoms with E-state index in [0.29, 0.717) is 18.7 Å². The van der Waals surface area contributed by atoms with Crippen LogP contribution in [-0.2, 0) is 27.1 Å². The van der Waals surface area contributed by atoms with Crippen LogP contribution in [0.25, 0.3) is 0 Å². The molecular formula is C28H28BrF4NO3. The number of rotatable bonds is 5. The predicted molar refractivity (Wildman–Crippen MR) is 138 cm³/mol. The van der Waals surface area contributed by atoms with Crippen molar-refractivity contribution in [3.63, 3.8) is 0 Å². The number of anilines is 1. The average Bonchev–Trinajstić information content (AvgIpc) is 2.90. The van der Waals surface area contributed by atoms with Crippen LogP contribution in [-0.4, -0.2) is 12.4 Å². The topological polar surface area (TPSA) is 55.4 Å². The van der Waals surface area contributed by atoms with Gasteiger partial charge in [0.25, 0.3) is 0 Å². The van der Waals surface area contributed by atoms with E-state index in [9.17, 15) is 27.2 Å². The van der Waals surface area contributed by atoms with Crippen molar-refractivity contribution in [2.45, 2.75) is 44.9 Å². The number of nitrogens with one attached hydrogen (secondary N) is 1. The summed E-state index contributed by atoms with van der Waals surface area (Å²) in [6.07, 6.45) is 1.23. The lowest BCUT2D eigenvalue weighted by Crippen LogP contribution is -2.20. The maximum Gasteiger partial charge on any atom is 0.416 e. The molecule has 0 bridgehead atoms. The van der Waals surface area contributed by atoms with Crippen molar-refractivity contribution in [1.29, 1.82) is 0 Å². The van der Waals surface area contributed by atoms with Crippen molar-refractivity contribution < 1.29 is 31.9 Å². The lowest BCUT2D eigenvalue weighted by Gasteiger charge is -2.19. The summed E-state index contributed by atoms with van der Waals surface area (Å²) in [7, 11) is 0. The third-order valence-electron chi connectivity index (χ3n) is 5.41. The minimum Gasteiger partial charge on any atom is -0.461 e. The Bertz CT molecular complexity index is 1090. The number of hydrogen-bond acceptors (Lipinski definition) is 3. The molecule has 1 amide bonds. The highest BCUT2D eigenvalue weighted by molar-refractivity contribution is 9.10. The van der Waals surface area contributed by atoms with Gasteiger partial charge in [-0.25, -0.2) is 4.39 Å². The molecule has 1 aliphatic rings. The number of benzene rings is 3. The fourth-order valence-corrected chi connectivity index (χ4v) is 3.78. The monoisotopic (exact) mass is 581 g/mol. The highest BCUT2D eigenvalue weighted by Crippen LogP contribution is 2.31. The number of ether oxygens (including phenoxy) is 1. The van der Waals surface area contributed by atoms with Crippen LogP contribution in [0, 0.1) is 11.7 Å². The van der Waals surface area contributed by atoms with E-state index in [1.807, 2.05) is 66.0 Å². The van der Waals surface area contributed by atoms with Gasteiger partial charge in [0, 0.05) is 4.47 Å². The number of hydrogen-bond donors (Lipinski definition) is 1. The molecule has 0 aromatic heterocycles. The number of carbonyl (C=O) groups is 2. The minimum atomic E-state index is -4.58. The van der Waals surface area contributed by atoms with E-state index in [4.69, 9.17) is 4.74 Å². The Morgan fingerprint density at radius 2 is 1.54 bits per heavy atom. The molecular weight excluding hydrogens is 554 g/mol. The molecule has 0 heterocycles. The van der Waals surface area contributed by atoms with Crippen molar-refractivity contribution in [2.75, 3.05) is 5.32 Å². The van der Waals surface area contributed by atoms with Crippen LogP contribution in [0.5, 0.6) is 0 Å². The number of carbonyl (C=O) groups excluding carboxylic acids is 2. The Morgan fingerprint density at radius 3 is 2.03 bits per heavy atom. The molecule has 0 unspecified atom stereocenters. The Kier molecular flexibility index (Phi) is 12.8. The molecule has 0 saturated heterocycles. The van der Waals surface area contributed by atoms with E-state index in [1.54, 1.807) is 0 Å². The average molecular weight is 582 g/mol. The first-order valence-electron chi connectivity index (χ1n) is 11.7. The Hall–Kier alpha value is -3.20. The molecule has 0 atom stereocenters. The van der Waals surface area contributed by atoms with Gasteiger partial charge in [-0.2, -0.15) is 13.2 Å². The summed E-state index contributed by atoms with van der Waals surface area (Å²) in [5, 5.41) is 1.93. The van der Waals surface area contributed by atoms with E-state index in [1.165, 1.54) is 19.3 Å². The standard InChI is InChI=1S/C14H18O2.C8H5F4NO.C6H5Br/c15-14(13-9-5-2-6-10-13)16-11-12-7-3-1-4-8-12;9-6-3-5(8(10,11)12)1-2-7(6)13-4-14;7-6-4-2-1-3-5-6/h1,3-4,7-8,13H,2,5-6,9-11H2;1-4H,(H,13,14);1-5H. The molecule has 3 aromatic rings. The van der Waals surface area contributed by atoms with Gasteiger partial charge in [0.15, 0.2) is 0 Å². The van der Waals surface area contributed by atoms with Gasteiger partial charge in [0.1, 0.15) is 12.4 Å². The van der Waals surface area contributed by atoms with Crippen molar-refractivity contribution in [3.05, 3.63) is 100 Å². The molecule has 9 heteroatoms. The number of amides is 1. The molecule has 4 nitrogen and oxygen atoms in total. The van der Waals surface area contributed by atoms with Crippen LogP contribution >= 0.6 is 15.9 Å². The van der Waals surface area contributed by atoms with E-state index in [2.05, 4.69) is 15.9 Å². The zero-order chi connectivity index (χ0) is 27.1. The maximum absolute atomic E-state index is 12.8. The van der Waals surface area contributed by atoms with Crippen LogP contribution in [0.3, 0.4) is 0 Å². The highest BCUT2D eigenvalue weighted by Gasteiger charge is 2.31. The molecule has 4 rings (SSSR count). The lowest BCUT2D eigenvalue weighted by molar-refractivity contribution is -0.151. The molecule has 3 aromatic carbocycles. The fraction of sp³-hybridized carbons (Fsp3) is 0.286. The molecule has 1 N–H and O–H groups in total. The van der Waals surface area contributed by atoms with Crippen molar-refractivity contribution in [3.8, 4) is 0 Å². The largest absolute Gasteiger partial charge is 0.461 e. The first kappa shape index (κ1) is 30.0. The van der Waals surface area contributed by atoms with Crippen LogP contribution in [0.2, 0.25) is 0 Å². The second-order valence-electron chi connectivity index (χ2n) is 8.18. The van der Waals surface area contributed by atoms with E-state index in [0.717, 1.165) is 28.9 Å².